The van der Waals surface area contributed by atoms with Crippen LogP contribution in [0, 0.1) is 48.8 Å². The molecule has 3 aromatic carbocycles. The number of halogens is 3. The largest absolute Gasteiger partial charge is 0.505 e. The van der Waals surface area contributed by atoms with Gasteiger partial charge in [0.15, 0.2) is 11.6 Å². The van der Waals surface area contributed by atoms with Gasteiger partial charge in [-0.25, -0.2) is 14.2 Å². The number of aryl methyl sites for hydroxylation is 3. The Morgan fingerprint density at radius 3 is 2.48 bits per heavy atom. The molecule has 0 spiro atoms. The van der Waals surface area contributed by atoms with Crippen LogP contribution in [0.15, 0.2) is 72.3 Å². The number of benzene rings is 3. The molecular weight excluding hydrogens is 750 g/mol. The van der Waals surface area contributed by atoms with Gasteiger partial charge in [0.05, 0.1) is 33.7 Å². The molecule has 1 N–H and O–H groups in total. The molecule has 4 aliphatic rings. The summed E-state index contributed by atoms with van der Waals surface area (Å²) < 4.78 is 17.7. The third kappa shape index (κ3) is 4.70. The predicted molar refractivity (Wildman–Crippen MR) is 205 cm³/mol. The quantitative estimate of drug-likeness (QED) is 0.145. The van der Waals surface area contributed by atoms with E-state index in [1.54, 1.807) is 44.3 Å². The maximum absolute atomic E-state index is 15.2. The van der Waals surface area contributed by atoms with Gasteiger partial charge in [-0.2, -0.15) is 5.10 Å². The molecule has 54 heavy (non-hydrogen) atoms. The molecule has 3 fully saturated rings. The van der Waals surface area contributed by atoms with Crippen LogP contribution in [-0.2, 0) is 26.2 Å². The fourth-order valence-electron chi connectivity index (χ4n) is 9.53. The van der Waals surface area contributed by atoms with E-state index in [9.17, 15) is 19.5 Å². The summed E-state index contributed by atoms with van der Waals surface area (Å²) >= 11 is 14.2. The first-order valence-electron chi connectivity index (χ1n) is 17.6. The number of amides is 4. The summed E-state index contributed by atoms with van der Waals surface area (Å²) in [5.41, 5.74) is 1.99. The zero-order valence-electron chi connectivity index (χ0n) is 29.6. The van der Waals surface area contributed by atoms with Crippen LogP contribution in [0.2, 0.25) is 10.0 Å². The van der Waals surface area contributed by atoms with Gasteiger partial charge in [0.25, 0.3) is 0 Å². The Labute approximate surface area is 323 Å². The van der Waals surface area contributed by atoms with Crippen LogP contribution in [0.5, 0.6) is 5.75 Å². The zero-order valence-corrected chi connectivity index (χ0v) is 31.9. The van der Waals surface area contributed by atoms with E-state index in [0.717, 1.165) is 37.1 Å². The molecule has 4 amide bonds. The number of nitrogens with zero attached hydrogens (tertiary/aromatic N) is 4. The van der Waals surface area contributed by atoms with Crippen molar-refractivity contribution in [3.8, 4) is 16.3 Å². The number of fused-ring (bicyclic) bond motifs is 5. The summed E-state index contributed by atoms with van der Waals surface area (Å²) in [4.78, 5) is 61.4. The summed E-state index contributed by atoms with van der Waals surface area (Å²) in [5.74, 6) is -7.19. The van der Waals surface area contributed by atoms with E-state index in [-0.39, 0.29) is 30.1 Å². The highest BCUT2D eigenvalue weighted by atomic mass is 35.5. The Balaban J connectivity index is 1.16. The number of para-hydroxylation sites is 1. The van der Waals surface area contributed by atoms with Crippen molar-refractivity contribution in [3.63, 3.8) is 0 Å². The second kappa shape index (κ2) is 12.1. The van der Waals surface area contributed by atoms with Crippen LogP contribution in [0.3, 0.4) is 0 Å². The van der Waals surface area contributed by atoms with Crippen LogP contribution in [0.4, 0.5) is 15.9 Å². The number of phenolic OH excluding ortho intramolecular Hbond substituents is 1. The van der Waals surface area contributed by atoms with Crippen molar-refractivity contribution in [1.29, 1.82) is 0 Å². The summed E-state index contributed by atoms with van der Waals surface area (Å²) in [5, 5.41) is 18.0. The number of imide groups is 2. The van der Waals surface area contributed by atoms with Gasteiger partial charge in [-0.1, -0.05) is 53.1 Å². The lowest BCUT2D eigenvalue weighted by Crippen LogP contribution is -2.49. The lowest BCUT2D eigenvalue weighted by Gasteiger charge is -2.49. The van der Waals surface area contributed by atoms with Crippen molar-refractivity contribution in [2.24, 2.45) is 36.1 Å². The second-order valence-electron chi connectivity index (χ2n) is 15.0. The number of anilines is 2. The summed E-state index contributed by atoms with van der Waals surface area (Å²) in [6, 6.07) is 16.6. The first-order chi connectivity index (χ1) is 25.7. The van der Waals surface area contributed by atoms with Gasteiger partial charge in [0, 0.05) is 39.3 Å². The average molecular weight is 784 g/mol. The highest BCUT2D eigenvalue weighted by Gasteiger charge is 2.68. The van der Waals surface area contributed by atoms with E-state index in [1.807, 2.05) is 38.1 Å². The van der Waals surface area contributed by atoms with Crippen LogP contribution in [0.1, 0.15) is 42.4 Å². The SMILES string of the molecule is Cc1ccc(N2C(=O)[C@H]3[C@H](CC=C4[C@H]3C[C@H]3C(=O)N(c5cc(-c6sc7ccc(Cl)cc7c6C)nn5C)C(=O)[C@@]3(C)[C@H]4c3cccc(F)c3O)C2=O)cc1Cl. The number of carbonyl (C=O) groups is 4. The maximum Gasteiger partial charge on any atom is 0.242 e. The third-order valence-corrected chi connectivity index (χ3v) is 14.2. The molecule has 2 aliphatic heterocycles. The van der Waals surface area contributed by atoms with Gasteiger partial charge in [-0.15, -0.1) is 11.3 Å². The minimum absolute atomic E-state index is 0.0968. The Morgan fingerprint density at radius 1 is 0.944 bits per heavy atom. The van der Waals surface area contributed by atoms with Crippen molar-refractivity contribution in [2.45, 2.75) is 39.5 Å². The number of allylic oxidation sites excluding steroid dienone is 2. The Bertz CT molecular complexity index is 2560. The maximum atomic E-state index is 15.2. The first-order valence-corrected chi connectivity index (χ1v) is 19.2. The molecule has 0 unspecified atom stereocenters. The fraction of sp³-hybridized carbons (Fsp3) is 0.293. The molecular formula is C41H33Cl2FN4O5S. The number of aromatic nitrogens is 2. The van der Waals surface area contributed by atoms with Crippen LogP contribution in [-0.4, -0.2) is 38.5 Å². The third-order valence-electron chi connectivity index (χ3n) is 12.2. The molecule has 0 bridgehead atoms. The average Bonchev–Trinajstić information content (AvgIpc) is 3.81. The minimum Gasteiger partial charge on any atom is -0.505 e. The number of aromatic hydroxyl groups is 1. The van der Waals surface area contributed by atoms with E-state index < -0.39 is 64.3 Å². The van der Waals surface area contributed by atoms with Gasteiger partial charge in [0.2, 0.25) is 23.6 Å². The van der Waals surface area contributed by atoms with Crippen molar-refractivity contribution >= 4 is 79.8 Å². The number of hydrogen-bond donors (Lipinski definition) is 1. The highest BCUT2D eigenvalue weighted by molar-refractivity contribution is 7.22. The van der Waals surface area contributed by atoms with Gasteiger partial charge < -0.3 is 5.11 Å². The Morgan fingerprint density at radius 2 is 1.72 bits per heavy atom. The zero-order chi connectivity index (χ0) is 38.1. The smallest absolute Gasteiger partial charge is 0.242 e. The number of hydrogen-bond acceptors (Lipinski definition) is 7. The fourth-order valence-corrected chi connectivity index (χ4v) is 11.0. The molecule has 5 aromatic rings. The molecule has 274 valence electrons. The number of rotatable bonds is 4. The van der Waals surface area contributed by atoms with Gasteiger partial charge in [-0.3, -0.25) is 23.9 Å². The monoisotopic (exact) mass is 782 g/mol. The van der Waals surface area contributed by atoms with Gasteiger partial charge in [-0.05, 0) is 92.4 Å². The standard InChI is InChI=1S/C41H33Cl2FN4O5S/c1-18-8-10-21(15-28(18)43)47-37(50)23-12-11-22-26(33(23)39(47)52)16-27-38(51)48(40(53)41(27,3)34(22)24-6-5-7-29(44)35(24)49)32-17-30(45-46(32)4)36-19(2)25-14-20(42)9-13-31(25)54-36/h5-11,13-15,17,23,26-27,33-34,49H,12,16H2,1-4H3/t23-,26+,27-,33-,34+,41+/m0/s1. The van der Waals surface area contributed by atoms with E-state index in [4.69, 9.17) is 28.3 Å². The van der Waals surface area contributed by atoms with Crippen molar-refractivity contribution in [2.75, 3.05) is 9.80 Å². The molecule has 0 radical (unpaired) electrons. The Kier molecular flexibility index (Phi) is 7.81. The first kappa shape index (κ1) is 34.9. The lowest BCUT2D eigenvalue weighted by molar-refractivity contribution is -0.131. The van der Waals surface area contributed by atoms with Crippen LogP contribution in [0.25, 0.3) is 20.7 Å². The molecule has 9 nitrogen and oxygen atoms in total. The van der Waals surface area contributed by atoms with Crippen molar-refractivity contribution in [3.05, 3.63) is 105 Å². The number of carbonyl (C=O) groups excluding carboxylic acids is 4. The summed E-state index contributed by atoms with van der Waals surface area (Å²) in [6.45, 7) is 5.49. The van der Waals surface area contributed by atoms with Crippen molar-refractivity contribution in [1.82, 2.24) is 9.78 Å². The minimum atomic E-state index is -1.48. The Hall–Kier alpha value is -4.84. The predicted octanol–water partition coefficient (Wildman–Crippen LogP) is 8.51. The topological polar surface area (TPSA) is 113 Å². The number of phenols is 1. The molecule has 4 heterocycles. The van der Waals surface area contributed by atoms with E-state index >= 15 is 9.18 Å². The normalized spacial score (nSPS) is 26.4. The molecule has 9 rings (SSSR count). The molecule has 2 saturated heterocycles. The highest BCUT2D eigenvalue weighted by Crippen LogP contribution is 2.64. The van der Waals surface area contributed by atoms with E-state index in [2.05, 4.69) is 0 Å². The van der Waals surface area contributed by atoms with Crippen LogP contribution < -0.4 is 9.80 Å². The molecule has 6 atom stereocenters. The lowest BCUT2D eigenvalue weighted by atomic mass is 9.51. The molecule has 2 aliphatic carbocycles. The summed E-state index contributed by atoms with van der Waals surface area (Å²) in [6.07, 6.45) is 2.15. The second-order valence-corrected chi connectivity index (χ2v) is 16.9. The van der Waals surface area contributed by atoms with E-state index in [1.165, 1.54) is 27.0 Å². The molecule has 2 aromatic heterocycles. The molecule has 13 heteroatoms. The molecule has 1 saturated carbocycles. The number of thiophene rings is 1. The van der Waals surface area contributed by atoms with Crippen LogP contribution >= 0.6 is 34.5 Å². The van der Waals surface area contributed by atoms with E-state index in [0.29, 0.717) is 27.0 Å². The van der Waals surface area contributed by atoms with Crippen molar-refractivity contribution < 1.29 is 28.7 Å². The van der Waals surface area contributed by atoms with Gasteiger partial charge >= 0.3 is 0 Å². The summed E-state index contributed by atoms with van der Waals surface area (Å²) in [7, 11) is 1.67. The van der Waals surface area contributed by atoms with Gasteiger partial charge in [0.1, 0.15) is 11.5 Å².